The van der Waals surface area contributed by atoms with Crippen molar-refractivity contribution in [2.24, 2.45) is 5.92 Å². The standard InChI is InChI=1S/C18H21N3O2/c22-17(6-9-19-7-1-2-8-19)20-11-14-10-15(13-20)16-4-3-5-18(23)21(16)12-14/h1-5,7-8,14-15H,6,9-13H2. The fourth-order valence-corrected chi connectivity index (χ4v) is 4.00. The molecule has 4 rings (SSSR count). The smallest absolute Gasteiger partial charge is 0.250 e. The number of rotatable bonds is 3. The lowest BCUT2D eigenvalue weighted by Gasteiger charge is -2.42. The molecule has 2 bridgehead atoms. The fraction of sp³-hybridized carbons (Fsp3) is 0.444. The molecule has 5 heteroatoms. The lowest BCUT2D eigenvalue weighted by molar-refractivity contribution is -0.134. The van der Waals surface area contributed by atoms with Gasteiger partial charge < -0.3 is 14.0 Å². The summed E-state index contributed by atoms with van der Waals surface area (Å²) in [5, 5.41) is 0. The van der Waals surface area contributed by atoms with E-state index in [0.29, 0.717) is 18.3 Å². The van der Waals surface area contributed by atoms with E-state index >= 15 is 0 Å². The predicted octanol–water partition coefficient (Wildman–Crippen LogP) is 1.69. The summed E-state index contributed by atoms with van der Waals surface area (Å²) in [5.41, 5.74) is 1.18. The van der Waals surface area contributed by atoms with Crippen LogP contribution in [-0.4, -0.2) is 33.0 Å². The monoisotopic (exact) mass is 311 g/mol. The highest BCUT2D eigenvalue weighted by molar-refractivity contribution is 5.76. The summed E-state index contributed by atoms with van der Waals surface area (Å²) >= 11 is 0. The topological polar surface area (TPSA) is 47.2 Å². The maximum absolute atomic E-state index is 12.5. The summed E-state index contributed by atoms with van der Waals surface area (Å²) in [6.07, 6.45) is 5.60. The van der Waals surface area contributed by atoms with Gasteiger partial charge in [-0.3, -0.25) is 9.59 Å². The van der Waals surface area contributed by atoms with Crippen LogP contribution in [0.2, 0.25) is 0 Å². The van der Waals surface area contributed by atoms with Crippen LogP contribution in [0.5, 0.6) is 0 Å². The van der Waals surface area contributed by atoms with Crippen LogP contribution >= 0.6 is 0 Å². The highest BCUT2D eigenvalue weighted by atomic mass is 16.2. The second kappa shape index (κ2) is 5.72. The van der Waals surface area contributed by atoms with E-state index in [0.717, 1.165) is 38.3 Å². The van der Waals surface area contributed by atoms with E-state index < -0.39 is 0 Å². The Morgan fingerprint density at radius 3 is 2.74 bits per heavy atom. The number of amides is 1. The summed E-state index contributed by atoms with van der Waals surface area (Å²) in [4.78, 5) is 26.6. The van der Waals surface area contributed by atoms with Crippen molar-refractivity contribution in [3.63, 3.8) is 0 Å². The molecule has 0 saturated carbocycles. The van der Waals surface area contributed by atoms with Crippen molar-refractivity contribution >= 4 is 5.91 Å². The van der Waals surface area contributed by atoms with Crippen molar-refractivity contribution in [3.05, 3.63) is 58.8 Å². The van der Waals surface area contributed by atoms with Crippen LogP contribution in [0.1, 0.15) is 24.5 Å². The van der Waals surface area contributed by atoms with Gasteiger partial charge in [-0.2, -0.15) is 0 Å². The maximum Gasteiger partial charge on any atom is 0.250 e. The summed E-state index contributed by atoms with van der Waals surface area (Å²) in [7, 11) is 0. The van der Waals surface area contributed by atoms with Crippen LogP contribution in [0.4, 0.5) is 0 Å². The number of carbonyl (C=O) groups is 1. The van der Waals surface area contributed by atoms with Gasteiger partial charge in [0.05, 0.1) is 0 Å². The molecule has 5 nitrogen and oxygen atoms in total. The Balaban J connectivity index is 1.47. The third kappa shape index (κ3) is 2.71. The number of carbonyl (C=O) groups excluding carboxylic acids is 1. The van der Waals surface area contributed by atoms with E-state index in [-0.39, 0.29) is 11.5 Å². The molecule has 2 aromatic rings. The van der Waals surface area contributed by atoms with Gasteiger partial charge in [-0.05, 0) is 30.5 Å². The molecule has 1 fully saturated rings. The highest BCUT2D eigenvalue weighted by Crippen LogP contribution is 2.35. The Morgan fingerprint density at radius 2 is 1.91 bits per heavy atom. The minimum atomic E-state index is 0.0876. The molecule has 23 heavy (non-hydrogen) atoms. The van der Waals surface area contributed by atoms with E-state index in [1.807, 2.05) is 50.7 Å². The quantitative estimate of drug-likeness (QED) is 0.866. The molecule has 4 heterocycles. The first-order valence-electron chi connectivity index (χ1n) is 8.29. The van der Waals surface area contributed by atoms with Gasteiger partial charge in [0.15, 0.2) is 0 Å². The number of hydrogen-bond acceptors (Lipinski definition) is 2. The van der Waals surface area contributed by atoms with Gasteiger partial charge >= 0.3 is 0 Å². The molecule has 0 radical (unpaired) electrons. The van der Waals surface area contributed by atoms with E-state index in [2.05, 4.69) is 0 Å². The normalized spacial score (nSPS) is 22.7. The molecule has 2 aromatic heterocycles. The average molecular weight is 311 g/mol. The molecule has 1 amide bonds. The van der Waals surface area contributed by atoms with Gasteiger partial charge in [0.25, 0.3) is 5.56 Å². The van der Waals surface area contributed by atoms with Crippen molar-refractivity contribution in [1.29, 1.82) is 0 Å². The zero-order valence-corrected chi connectivity index (χ0v) is 13.1. The second-order valence-corrected chi connectivity index (χ2v) is 6.67. The third-order valence-corrected chi connectivity index (χ3v) is 5.08. The van der Waals surface area contributed by atoms with Crippen LogP contribution in [-0.2, 0) is 17.9 Å². The minimum absolute atomic E-state index is 0.0876. The molecule has 0 aliphatic carbocycles. The molecule has 0 spiro atoms. The van der Waals surface area contributed by atoms with Crippen molar-refractivity contribution in [2.45, 2.75) is 31.8 Å². The molecule has 0 N–H and O–H groups in total. The van der Waals surface area contributed by atoms with Gasteiger partial charge in [0, 0.05) is 62.7 Å². The maximum atomic E-state index is 12.5. The van der Waals surface area contributed by atoms with E-state index in [1.54, 1.807) is 6.07 Å². The van der Waals surface area contributed by atoms with Crippen LogP contribution < -0.4 is 5.56 Å². The predicted molar refractivity (Wildman–Crippen MR) is 87.2 cm³/mol. The first-order valence-corrected chi connectivity index (χ1v) is 8.29. The Morgan fingerprint density at radius 1 is 1.09 bits per heavy atom. The van der Waals surface area contributed by atoms with Gasteiger partial charge in [-0.1, -0.05) is 6.07 Å². The highest BCUT2D eigenvalue weighted by Gasteiger charge is 2.35. The lowest BCUT2D eigenvalue weighted by Crippen LogP contribution is -2.49. The summed E-state index contributed by atoms with van der Waals surface area (Å²) in [6, 6.07) is 9.46. The average Bonchev–Trinajstić information content (AvgIpc) is 3.07. The zero-order chi connectivity index (χ0) is 15.8. The minimum Gasteiger partial charge on any atom is -0.354 e. The van der Waals surface area contributed by atoms with Crippen LogP contribution in [0, 0.1) is 5.92 Å². The van der Waals surface area contributed by atoms with Crippen LogP contribution in [0.3, 0.4) is 0 Å². The Labute approximate surface area is 135 Å². The molecule has 2 aliphatic rings. The van der Waals surface area contributed by atoms with E-state index in [9.17, 15) is 9.59 Å². The number of pyridine rings is 1. The molecule has 2 aliphatic heterocycles. The largest absolute Gasteiger partial charge is 0.354 e. The van der Waals surface area contributed by atoms with E-state index in [1.165, 1.54) is 0 Å². The van der Waals surface area contributed by atoms with Crippen LogP contribution in [0.15, 0.2) is 47.5 Å². The number of aryl methyl sites for hydroxylation is 1. The molecule has 120 valence electrons. The molecule has 0 aromatic carbocycles. The zero-order valence-electron chi connectivity index (χ0n) is 13.1. The molecular weight excluding hydrogens is 290 g/mol. The Kier molecular flexibility index (Phi) is 3.56. The lowest BCUT2D eigenvalue weighted by atomic mass is 9.83. The molecule has 2 atom stereocenters. The number of nitrogens with zero attached hydrogens (tertiary/aromatic N) is 3. The summed E-state index contributed by atoms with van der Waals surface area (Å²) in [5.74, 6) is 0.920. The number of likely N-dealkylation sites (tertiary alicyclic amines) is 1. The van der Waals surface area contributed by atoms with Gasteiger partial charge in [-0.25, -0.2) is 0 Å². The summed E-state index contributed by atoms with van der Waals surface area (Å²) in [6.45, 7) is 2.99. The summed E-state index contributed by atoms with van der Waals surface area (Å²) < 4.78 is 3.94. The Bertz CT molecular complexity index is 763. The number of hydrogen-bond donors (Lipinski definition) is 0. The van der Waals surface area contributed by atoms with E-state index in [4.69, 9.17) is 0 Å². The van der Waals surface area contributed by atoms with Gasteiger partial charge in [0.2, 0.25) is 5.91 Å². The van der Waals surface area contributed by atoms with Crippen molar-refractivity contribution < 1.29 is 4.79 Å². The van der Waals surface area contributed by atoms with Gasteiger partial charge in [-0.15, -0.1) is 0 Å². The third-order valence-electron chi connectivity index (χ3n) is 5.08. The second-order valence-electron chi connectivity index (χ2n) is 6.67. The molecular formula is C18H21N3O2. The van der Waals surface area contributed by atoms with Crippen molar-refractivity contribution in [2.75, 3.05) is 13.1 Å². The van der Waals surface area contributed by atoms with Crippen LogP contribution in [0.25, 0.3) is 0 Å². The number of fused-ring (bicyclic) bond motifs is 4. The van der Waals surface area contributed by atoms with Gasteiger partial charge in [0.1, 0.15) is 0 Å². The molecule has 1 saturated heterocycles. The SMILES string of the molecule is O=C(CCn1cccc1)N1CC2CC(C1)c1cccc(=O)n1C2. The van der Waals surface area contributed by atoms with Crippen molar-refractivity contribution in [1.82, 2.24) is 14.0 Å². The number of piperidine rings is 1. The Hall–Kier alpha value is -2.30. The first-order chi connectivity index (χ1) is 11.2. The number of aromatic nitrogens is 2. The first kappa shape index (κ1) is 14.3. The van der Waals surface area contributed by atoms with Crippen molar-refractivity contribution in [3.8, 4) is 0 Å². The fourth-order valence-electron chi connectivity index (χ4n) is 4.00. The molecule has 2 unspecified atom stereocenters.